The van der Waals surface area contributed by atoms with Crippen LogP contribution in [0.15, 0.2) is 29.2 Å². The zero-order chi connectivity index (χ0) is 20.5. The highest BCUT2D eigenvalue weighted by atomic mass is 32.1. The zero-order valence-corrected chi connectivity index (χ0v) is 18.8. The number of hydrogen-bond acceptors (Lipinski definition) is 2. The van der Waals surface area contributed by atoms with Crippen molar-refractivity contribution in [1.29, 1.82) is 0 Å². The Hall–Kier alpha value is -1.13. The summed E-state index contributed by atoms with van der Waals surface area (Å²) in [5, 5.41) is 8.50. The van der Waals surface area contributed by atoms with Gasteiger partial charge in [0.2, 0.25) is 0 Å². The number of quaternary nitrogens is 1. The van der Waals surface area contributed by atoms with Gasteiger partial charge in [-0.25, -0.2) is 4.79 Å². The number of benzene rings is 1. The normalized spacial score (nSPS) is 11.0. The predicted octanol–water partition coefficient (Wildman–Crippen LogP) is 6.29. The molecule has 0 amide bonds. The highest BCUT2D eigenvalue weighted by Crippen LogP contribution is 2.16. The molecular formula is C23H41NO2S. The van der Waals surface area contributed by atoms with E-state index in [1.54, 1.807) is 18.2 Å². The van der Waals surface area contributed by atoms with Crippen molar-refractivity contribution in [2.24, 2.45) is 0 Å². The Labute approximate surface area is 173 Å². The van der Waals surface area contributed by atoms with Gasteiger partial charge < -0.3 is 22.2 Å². The summed E-state index contributed by atoms with van der Waals surface area (Å²) in [6.45, 7) is 15.0. The van der Waals surface area contributed by atoms with Crippen molar-refractivity contribution in [2.45, 2.75) is 84.0 Å². The van der Waals surface area contributed by atoms with Crippen LogP contribution in [-0.4, -0.2) is 41.7 Å². The van der Waals surface area contributed by atoms with E-state index in [0.29, 0.717) is 4.90 Å². The van der Waals surface area contributed by atoms with Gasteiger partial charge >= 0.3 is 5.97 Å². The van der Waals surface area contributed by atoms with Crippen LogP contribution in [0.2, 0.25) is 0 Å². The van der Waals surface area contributed by atoms with Gasteiger partial charge in [0.15, 0.2) is 0 Å². The van der Waals surface area contributed by atoms with Crippen LogP contribution in [0.5, 0.6) is 0 Å². The molecule has 0 aliphatic rings. The van der Waals surface area contributed by atoms with E-state index in [9.17, 15) is 4.79 Å². The monoisotopic (exact) mass is 395 g/mol. The topological polar surface area (TPSA) is 37.3 Å². The highest BCUT2D eigenvalue weighted by Gasteiger charge is 2.24. The number of aromatic carboxylic acids is 1. The molecule has 1 rings (SSSR count). The molecule has 0 spiro atoms. The second kappa shape index (κ2) is 15.9. The molecule has 0 atom stereocenters. The molecule has 1 N–H and O–H groups in total. The van der Waals surface area contributed by atoms with Gasteiger partial charge in [0.05, 0.1) is 26.2 Å². The minimum atomic E-state index is -0.967. The Kier molecular flexibility index (Phi) is 15.2. The van der Waals surface area contributed by atoms with Crippen LogP contribution >= 0.6 is 0 Å². The van der Waals surface area contributed by atoms with E-state index in [4.69, 9.17) is 17.7 Å². The van der Waals surface area contributed by atoms with Crippen LogP contribution in [0.3, 0.4) is 0 Å². The van der Waals surface area contributed by atoms with Gasteiger partial charge in [0.1, 0.15) is 0 Å². The van der Waals surface area contributed by atoms with Crippen molar-refractivity contribution < 1.29 is 14.4 Å². The largest absolute Gasteiger partial charge is 0.779 e. The van der Waals surface area contributed by atoms with E-state index < -0.39 is 5.97 Å². The fourth-order valence-electron chi connectivity index (χ4n) is 3.29. The van der Waals surface area contributed by atoms with Gasteiger partial charge in [-0.15, -0.1) is 0 Å². The minimum absolute atomic E-state index is 0.192. The molecule has 0 aliphatic heterocycles. The summed E-state index contributed by atoms with van der Waals surface area (Å²) in [7, 11) is 0. The lowest BCUT2D eigenvalue weighted by Gasteiger charge is -2.39. The number of rotatable bonds is 13. The maximum atomic E-state index is 10.4. The van der Waals surface area contributed by atoms with Crippen LogP contribution in [0.1, 0.15) is 89.4 Å². The first-order valence-corrected chi connectivity index (χ1v) is 11.2. The van der Waals surface area contributed by atoms with Crippen LogP contribution in [0.25, 0.3) is 0 Å². The van der Waals surface area contributed by atoms with E-state index in [-0.39, 0.29) is 5.56 Å². The number of hydrogen-bond donors (Lipinski definition) is 1. The summed E-state index contributed by atoms with van der Waals surface area (Å²) in [5.41, 5.74) is 0.192. The first-order chi connectivity index (χ1) is 13.0. The summed E-state index contributed by atoms with van der Waals surface area (Å²) in [6, 6.07) is 6.46. The zero-order valence-electron chi connectivity index (χ0n) is 18.0. The van der Waals surface area contributed by atoms with Gasteiger partial charge in [0, 0.05) is 5.56 Å². The molecule has 4 heteroatoms. The SMILES string of the molecule is CCCC[N+](CCCC)(CCCC)CCCC.O=C(O)c1ccccc1[S-]. The van der Waals surface area contributed by atoms with Crippen molar-refractivity contribution in [3.8, 4) is 0 Å². The smallest absolute Gasteiger partial charge is 0.334 e. The standard InChI is InChI=1S/C16H36N.C7H6O2S/c1-5-9-13-17(14-10-6-2,15-11-7-3)16-12-8-4;8-7(9)5-3-1-2-4-6(5)10/h5-16H2,1-4H3;1-4,10H,(H,8,9)/q+1;/p-1. The molecule has 0 saturated heterocycles. The molecule has 3 nitrogen and oxygen atoms in total. The first-order valence-electron chi connectivity index (χ1n) is 10.8. The first kappa shape index (κ1) is 25.9. The minimum Gasteiger partial charge on any atom is -0.779 e. The fourth-order valence-corrected chi connectivity index (χ4v) is 3.52. The summed E-state index contributed by atoms with van der Waals surface area (Å²) >= 11 is 4.75. The highest BCUT2D eigenvalue weighted by molar-refractivity contribution is 7.58. The summed E-state index contributed by atoms with van der Waals surface area (Å²) < 4.78 is 1.42. The Balaban J connectivity index is 0.000000569. The fraction of sp³-hybridized carbons (Fsp3) is 0.696. The Morgan fingerprint density at radius 3 is 1.44 bits per heavy atom. The molecule has 0 radical (unpaired) electrons. The predicted molar refractivity (Wildman–Crippen MR) is 118 cm³/mol. The summed E-state index contributed by atoms with van der Waals surface area (Å²) in [6.07, 6.45) is 11.1. The lowest BCUT2D eigenvalue weighted by Crippen LogP contribution is -2.50. The third-order valence-electron chi connectivity index (χ3n) is 5.06. The average Bonchev–Trinajstić information content (AvgIpc) is 2.67. The Morgan fingerprint density at radius 2 is 1.19 bits per heavy atom. The maximum absolute atomic E-state index is 10.4. The summed E-state index contributed by atoms with van der Waals surface area (Å²) in [4.78, 5) is 10.7. The van der Waals surface area contributed by atoms with E-state index in [1.165, 1.54) is 88.1 Å². The number of carboxylic acids is 1. The third kappa shape index (κ3) is 11.3. The Morgan fingerprint density at radius 1 is 0.815 bits per heavy atom. The Bertz CT molecular complexity index is 467. The van der Waals surface area contributed by atoms with E-state index in [2.05, 4.69) is 27.7 Å². The second-order valence-electron chi connectivity index (χ2n) is 7.45. The number of carboxylic acid groups (broad SMARTS) is 1. The molecule has 27 heavy (non-hydrogen) atoms. The maximum Gasteiger partial charge on any atom is 0.334 e. The number of carbonyl (C=O) groups is 1. The van der Waals surface area contributed by atoms with Crippen molar-refractivity contribution in [3.05, 3.63) is 29.8 Å². The molecule has 0 aliphatic carbocycles. The summed E-state index contributed by atoms with van der Waals surface area (Å²) in [5.74, 6) is -0.967. The van der Waals surface area contributed by atoms with Crippen LogP contribution < -0.4 is 0 Å². The molecule has 1 aromatic rings. The van der Waals surface area contributed by atoms with Gasteiger partial charge in [-0.3, -0.25) is 0 Å². The van der Waals surface area contributed by atoms with Gasteiger partial charge in [0.25, 0.3) is 0 Å². The van der Waals surface area contributed by atoms with Crippen LogP contribution in [-0.2, 0) is 12.6 Å². The van der Waals surface area contributed by atoms with E-state index in [1.807, 2.05) is 0 Å². The average molecular weight is 396 g/mol. The molecule has 0 saturated carbocycles. The van der Waals surface area contributed by atoms with Gasteiger partial charge in [-0.1, -0.05) is 71.6 Å². The van der Waals surface area contributed by atoms with Crippen molar-refractivity contribution in [1.82, 2.24) is 0 Å². The van der Waals surface area contributed by atoms with Crippen LogP contribution in [0.4, 0.5) is 0 Å². The van der Waals surface area contributed by atoms with E-state index in [0.717, 1.165) is 0 Å². The third-order valence-corrected chi connectivity index (χ3v) is 5.42. The molecule has 0 aromatic heterocycles. The molecule has 0 unspecified atom stereocenters. The van der Waals surface area contributed by atoms with Gasteiger partial charge in [-0.2, -0.15) is 4.90 Å². The molecule has 0 bridgehead atoms. The van der Waals surface area contributed by atoms with Crippen molar-refractivity contribution in [3.63, 3.8) is 0 Å². The lowest BCUT2D eigenvalue weighted by atomic mass is 10.1. The van der Waals surface area contributed by atoms with Gasteiger partial charge in [-0.05, 0) is 31.7 Å². The molecule has 1 aromatic carbocycles. The number of nitrogens with zero attached hydrogens (tertiary/aromatic N) is 1. The second-order valence-corrected chi connectivity index (χ2v) is 7.89. The number of unbranched alkanes of at least 4 members (excludes halogenated alkanes) is 4. The van der Waals surface area contributed by atoms with Crippen LogP contribution in [0, 0.1) is 0 Å². The van der Waals surface area contributed by atoms with E-state index >= 15 is 0 Å². The van der Waals surface area contributed by atoms with Crippen molar-refractivity contribution >= 4 is 18.6 Å². The molecule has 0 fully saturated rings. The molecule has 156 valence electrons. The molecular weight excluding hydrogens is 354 g/mol. The quantitative estimate of drug-likeness (QED) is 0.315. The van der Waals surface area contributed by atoms with Crippen molar-refractivity contribution in [2.75, 3.05) is 26.2 Å². The molecule has 0 heterocycles. The lowest BCUT2D eigenvalue weighted by molar-refractivity contribution is -0.929.